The predicted octanol–water partition coefficient (Wildman–Crippen LogP) is 2.09. The van der Waals surface area contributed by atoms with Crippen molar-refractivity contribution in [1.29, 1.82) is 0 Å². The van der Waals surface area contributed by atoms with Gasteiger partial charge >= 0.3 is 0 Å². The first kappa shape index (κ1) is 11.5. The van der Waals surface area contributed by atoms with Crippen molar-refractivity contribution in [3.8, 4) is 0 Å². The molecule has 1 heterocycles. The number of rotatable bonds is 5. The second kappa shape index (κ2) is 5.37. The molecular formula is C10H18ClN3. The van der Waals surface area contributed by atoms with Crippen molar-refractivity contribution in [2.75, 3.05) is 13.1 Å². The Labute approximate surface area is 90.4 Å². The summed E-state index contributed by atoms with van der Waals surface area (Å²) in [5.74, 6) is 0.574. The number of hydrogen-bond acceptors (Lipinski definition) is 2. The van der Waals surface area contributed by atoms with Crippen LogP contribution in [0.2, 0.25) is 5.02 Å². The van der Waals surface area contributed by atoms with Crippen LogP contribution in [0.25, 0.3) is 0 Å². The van der Waals surface area contributed by atoms with E-state index in [0.717, 1.165) is 30.4 Å². The minimum Gasteiger partial charge on any atom is -0.317 e. The van der Waals surface area contributed by atoms with E-state index in [4.69, 9.17) is 11.6 Å². The molecule has 0 fully saturated rings. The van der Waals surface area contributed by atoms with Crippen LogP contribution in [0.15, 0.2) is 6.20 Å². The molecule has 1 rings (SSSR count). The highest BCUT2D eigenvalue weighted by Gasteiger charge is 2.07. The van der Waals surface area contributed by atoms with Gasteiger partial charge in [-0.25, -0.2) is 0 Å². The minimum atomic E-state index is 0.574. The van der Waals surface area contributed by atoms with Crippen molar-refractivity contribution < 1.29 is 0 Å². The lowest BCUT2D eigenvalue weighted by atomic mass is 10.2. The molecule has 1 N–H and O–H groups in total. The molecule has 0 spiro atoms. The van der Waals surface area contributed by atoms with Crippen molar-refractivity contribution in [2.45, 2.75) is 27.3 Å². The zero-order chi connectivity index (χ0) is 10.6. The van der Waals surface area contributed by atoms with Gasteiger partial charge in [-0.15, -0.1) is 0 Å². The molecular weight excluding hydrogens is 198 g/mol. The van der Waals surface area contributed by atoms with E-state index in [1.807, 2.05) is 11.6 Å². The quantitative estimate of drug-likeness (QED) is 0.815. The Morgan fingerprint density at radius 3 is 2.86 bits per heavy atom. The van der Waals surface area contributed by atoms with Crippen LogP contribution in [0, 0.1) is 12.8 Å². The number of nitrogens with zero attached hydrogens (tertiary/aromatic N) is 2. The van der Waals surface area contributed by atoms with Gasteiger partial charge in [-0.1, -0.05) is 25.4 Å². The van der Waals surface area contributed by atoms with E-state index >= 15 is 0 Å². The number of halogens is 1. The molecule has 0 bridgehead atoms. The van der Waals surface area contributed by atoms with Gasteiger partial charge in [0, 0.05) is 6.54 Å². The minimum absolute atomic E-state index is 0.574. The first-order valence-corrected chi connectivity index (χ1v) is 5.41. The topological polar surface area (TPSA) is 29.9 Å². The first-order valence-electron chi connectivity index (χ1n) is 5.03. The van der Waals surface area contributed by atoms with E-state index in [9.17, 15) is 0 Å². The number of aromatic nitrogens is 2. The summed E-state index contributed by atoms with van der Waals surface area (Å²) in [7, 11) is 0. The van der Waals surface area contributed by atoms with Gasteiger partial charge in [0.25, 0.3) is 0 Å². The van der Waals surface area contributed by atoms with Crippen LogP contribution in [0.1, 0.15) is 19.5 Å². The normalized spacial score (nSPS) is 13.1. The van der Waals surface area contributed by atoms with Gasteiger partial charge in [-0.2, -0.15) is 5.10 Å². The second-order valence-electron chi connectivity index (χ2n) is 3.67. The smallest absolute Gasteiger partial charge is 0.0814 e. The zero-order valence-corrected chi connectivity index (χ0v) is 9.80. The Balaban J connectivity index is 2.47. The second-order valence-corrected chi connectivity index (χ2v) is 4.08. The van der Waals surface area contributed by atoms with Crippen LogP contribution < -0.4 is 5.32 Å². The molecule has 0 aliphatic carbocycles. The molecule has 1 atom stereocenters. The van der Waals surface area contributed by atoms with Gasteiger partial charge in [0.15, 0.2) is 0 Å². The van der Waals surface area contributed by atoms with E-state index in [-0.39, 0.29) is 0 Å². The zero-order valence-electron chi connectivity index (χ0n) is 9.05. The lowest BCUT2D eigenvalue weighted by molar-refractivity contribution is 0.421. The van der Waals surface area contributed by atoms with Crippen molar-refractivity contribution in [3.63, 3.8) is 0 Å². The maximum Gasteiger partial charge on any atom is 0.0814 e. The SMILES string of the molecule is CCNCC(C)Cn1ncc(Cl)c1C. The summed E-state index contributed by atoms with van der Waals surface area (Å²) >= 11 is 5.92. The fourth-order valence-electron chi connectivity index (χ4n) is 1.36. The monoisotopic (exact) mass is 215 g/mol. The first-order chi connectivity index (χ1) is 6.65. The van der Waals surface area contributed by atoms with Gasteiger partial charge in [-0.3, -0.25) is 4.68 Å². The van der Waals surface area contributed by atoms with Crippen LogP contribution >= 0.6 is 11.6 Å². The van der Waals surface area contributed by atoms with Crippen molar-refractivity contribution >= 4 is 11.6 Å². The number of nitrogens with one attached hydrogen (secondary N) is 1. The van der Waals surface area contributed by atoms with Crippen molar-refractivity contribution in [2.24, 2.45) is 5.92 Å². The third-order valence-corrected chi connectivity index (χ3v) is 2.64. The van der Waals surface area contributed by atoms with E-state index < -0.39 is 0 Å². The van der Waals surface area contributed by atoms with E-state index in [1.165, 1.54) is 0 Å². The molecule has 0 saturated carbocycles. The summed E-state index contributed by atoms with van der Waals surface area (Å²) in [5, 5.41) is 8.29. The molecule has 14 heavy (non-hydrogen) atoms. The fraction of sp³-hybridized carbons (Fsp3) is 0.700. The van der Waals surface area contributed by atoms with Crippen LogP contribution in [0.5, 0.6) is 0 Å². The Kier molecular flexibility index (Phi) is 4.42. The van der Waals surface area contributed by atoms with E-state index in [1.54, 1.807) is 6.20 Å². The Morgan fingerprint density at radius 2 is 2.36 bits per heavy atom. The van der Waals surface area contributed by atoms with Crippen LogP contribution in [-0.2, 0) is 6.54 Å². The maximum atomic E-state index is 5.92. The summed E-state index contributed by atoms with van der Waals surface area (Å²) in [6, 6.07) is 0. The summed E-state index contributed by atoms with van der Waals surface area (Å²) in [6.07, 6.45) is 1.71. The third-order valence-electron chi connectivity index (χ3n) is 2.27. The molecule has 1 aromatic rings. The standard InChI is InChI=1S/C10H18ClN3/c1-4-12-5-8(2)7-14-9(3)10(11)6-13-14/h6,8,12H,4-5,7H2,1-3H3. The highest BCUT2D eigenvalue weighted by atomic mass is 35.5. The fourth-order valence-corrected chi connectivity index (χ4v) is 1.50. The van der Waals surface area contributed by atoms with Gasteiger partial charge in [-0.05, 0) is 25.9 Å². The van der Waals surface area contributed by atoms with Crippen LogP contribution in [-0.4, -0.2) is 22.9 Å². The summed E-state index contributed by atoms with van der Waals surface area (Å²) < 4.78 is 1.96. The average Bonchev–Trinajstić information content (AvgIpc) is 2.46. The molecule has 0 radical (unpaired) electrons. The lowest BCUT2D eigenvalue weighted by Gasteiger charge is -2.12. The van der Waals surface area contributed by atoms with Gasteiger partial charge < -0.3 is 5.32 Å². The van der Waals surface area contributed by atoms with Crippen LogP contribution in [0.3, 0.4) is 0 Å². The molecule has 1 aromatic heterocycles. The van der Waals surface area contributed by atoms with E-state index in [2.05, 4.69) is 24.3 Å². The third kappa shape index (κ3) is 3.00. The molecule has 4 heteroatoms. The Morgan fingerprint density at radius 1 is 1.64 bits per heavy atom. The summed E-state index contributed by atoms with van der Waals surface area (Å²) in [5.41, 5.74) is 1.05. The molecule has 0 saturated heterocycles. The number of hydrogen-bond donors (Lipinski definition) is 1. The van der Waals surface area contributed by atoms with Crippen molar-refractivity contribution in [3.05, 3.63) is 16.9 Å². The molecule has 1 unspecified atom stereocenters. The van der Waals surface area contributed by atoms with E-state index in [0.29, 0.717) is 5.92 Å². The average molecular weight is 216 g/mol. The Hall–Kier alpha value is -0.540. The molecule has 0 aromatic carbocycles. The molecule has 0 aliphatic heterocycles. The maximum absolute atomic E-state index is 5.92. The lowest BCUT2D eigenvalue weighted by Crippen LogP contribution is -2.24. The summed E-state index contributed by atoms with van der Waals surface area (Å²) in [6.45, 7) is 9.28. The highest BCUT2D eigenvalue weighted by molar-refractivity contribution is 6.31. The molecule has 3 nitrogen and oxygen atoms in total. The molecule has 80 valence electrons. The van der Waals surface area contributed by atoms with Crippen LogP contribution in [0.4, 0.5) is 0 Å². The Bertz CT molecular complexity index is 283. The molecule has 0 aliphatic rings. The highest BCUT2D eigenvalue weighted by Crippen LogP contribution is 2.14. The van der Waals surface area contributed by atoms with Gasteiger partial charge in [0.1, 0.15) is 0 Å². The van der Waals surface area contributed by atoms with Gasteiger partial charge in [0.2, 0.25) is 0 Å². The molecule has 0 amide bonds. The largest absolute Gasteiger partial charge is 0.317 e. The summed E-state index contributed by atoms with van der Waals surface area (Å²) in [4.78, 5) is 0. The van der Waals surface area contributed by atoms with Gasteiger partial charge in [0.05, 0.1) is 16.9 Å². The predicted molar refractivity (Wildman–Crippen MR) is 59.7 cm³/mol. The van der Waals surface area contributed by atoms with Crippen molar-refractivity contribution in [1.82, 2.24) is 15.1 Å².